The fourth-order valence-corrected chi connectivity index (χ4v) is 2.84. The van der Waals surface area contributed by atoms with E-state index >= 15 is 0 Å². The summed E-state index contributed by atoms with van der Waals surface area (Å²) in [6, 6.07) is 7.88. The fraction of sp³-hybridized carbons (Fsp3) is 0.381. The maximum Gasteiger partial charge on any atom is 0.325 e. The first-order valence-electron chi connectivity index (χ1n) is 9.22. The highest BCUT2D eigenvalue weighted by molar-refractivity contribution is 5.94. The zero-order chi connectivity index (χ0) is 21.8. The molecule has 8 heteroatoms. The van der Waals surface area contributed by atoms with Crippen LogP contribution in [0.1, 0.15) is 37.6 Å². The van der Waals surface area contributed by atoms with Gasteiger partial charge in [0.1, 0.15) is 23.2 Å². The van der Waals surface area contributed by atoms with E-state index in [1.807, 2.05) is 6.92 Å². The Hall–Kier alpha value is -3.18. The summed E-state index contributed by atoms with van der Waals surface area (Å²) in [5.41, 5.74) is 1.36. The number of amides is 1. The molecule has 1 heterocycles. The Balaban J connectivity index is 2.29. The molecule has 0 spiro atoms. The molecule has 2 rings (SSSR count). The number of benzene rings is 1. The summed E-state index contributed by atoms with van der Waals surface area (Å²) in [5.74, 6) is -0.978. The van der Waals surface area contributed by atoms with Gasteiger partial charge in [-0.05, 0) is 64.4 Å². The summed E-state index contributed by atoms with van der Waals surface area (Å²) < 4.78 is 20.0. The highest BCUT2D eigenvalue weighted by atomic mass is 19.1. The molecule has 1 aromatic carbocycles. The van der Waals surface area contributed by atoms with Crippen LogP contribution in [0.5, 0.6) is 0 Å². The van der Waals surface area contributed by atoms with Crippen molar-refractivity contribution in [1.82, 2.24) is 9.88 Å². The lowest BCUT2D eigenvalue weighted by Crippen LogP contribution is -2.50. The average molecular weight is 400 g/mol. The standard InChI is InChI=1S/C21H25FN4O3/c1-6-29-20(28)21(4,5)24-12-18(27)25-19-17(11-23)13(2)14(3)26(19)16-9-7-15(22)8-10-16/h7-10,24H,6,12H2,1-5H3,(H,25,27). The summed E-state index contributed by atoms with van der Waals surface area (Å²) >= 11 is 0. The number of hydrogen-bond donors (Lipinski definition) is 2. The average Bonchev–Trinajstić information content (AvgIpc) is 2.91. The summed E-state index contributed by atoms with van der Waals surface area (Å²) in [6.07, 6.45) is 0. The Morgan fingerprint density at radius 1 is 1.24 bits per heavy atom. The van der Waals surface area contributed by atoms with Crippen LogP contribution < -0.4 is 10.6 Å². The number of anilines is 1. The van der Waals surface area contributed by atoms with Crippen LogP contribution in [0.2, 0.25) is 0 Å². The van der Waals surface area contributed by atoms with E-state index in [4.69, 9.17) is 4.74 Å². The van der Waals surface area contributed by atoms with Crippen molar-refractivity contribution in [3.63, 3.8) is 0 Å². The summed E-state index contributed by atoms with van der Waals surface area (Å²) in [7, 11) is 0. The second kappa shape index (κ2) is 8.88. The lowest BCUT2D eigenvalue weighted by molar-refractivity contribution is -0.149. The molecular weight excluding hydrogens is 375 g/mol. The predicted molar refractivity (Wildman–Crippen MR) is 107 cm³/mol. The Labute approximate surface area is 169 Å². The molecular formula is C21H25FN4O3. The van der Waals surface area contributed by atoms with Gasteiger partial charge in [0.05, 0.1) is 18.7 Å². The van der Waals surface area contributed by atoms with Crippen molar-refractivity contribution in [3.05, 3.63) is 46.9 Å². The molecule has 0 aliphatic carbocycles. The van der Waals surface area contributed by atoms with Gasteiger partial charge < -0.3 is 10.1 Å². The number of nitrogens with one attached hydrogen (secondary N) is 2. The highest BCUT2D eigenvalue weighted by Crippen LogP contribution is 2.30. The molecule has 0 aliphatic heterocycles. The van der Waals surface area contributed by atoms with E-state index in [1.165, 1.54) is 12.1 Å². The first-order valence-corrected chi connectivity index (χ1v) is 9.22. The van der Waals surface area contributed by atoms with Crippen molar-refractivity contribution < 1.29 is 18.7 Å². The van der Waals surface area contributed by atoms with E-state index in [1.54, 1.807) is 44.4 Å². The van der Waals surface area contributed by atoms with Gasteiger partial charge in [-0.1, -0.05) is 0 Å². The smallest absolute Gasteiger partial charge is 0.325 e. The van der Waals surface area contributed by atoms with E-state index in [0.717, 1.165) is 5.69 Å². The first kappa shape index (κ1) is 22.1. The Morgan fingerprint density at radius 2 is 1.86 bits per heavy atom. The molecule has 0 atom stereocenters. The number of ether oxygens (including phenoxy) is 1. The summed E-state index contributed by atoms with van der Waals surface area (Å²) in [6.45, 7) is 8.62. The molecule has 2 N–H and O–H groups in total. The zero-order valence-electron chi connectivity index (χ0n) is 17.2. The third-order valence-electron chi connectivity index (χ3n) is 4.64. The SMILES string of the molecule is CCOC(=O)C(C)(C)NCC(=O)Nc1c(C#N)c(C)c(C)n1-c1ccc(F)cc1. The molecule has 0 radical (unpaired) electrons. The van der Waals surface area contributed by atoms with Gasteiger partial charge >= 0.3 is 5.97 Å². The molecule has 0 fully saturated rings. The highest BCUT2D eigenvalue weighted by Gasteiger charge is 2.29. The van der Waals surface area contributed by atoms with Gasteiger partial charge in [0, 0.05) is 11.4 Å². The van der Waals surface area contributed by atoms with Gasteiger partial charge in [0.25, 0.3) is 0 Å². The third kappa shape index (κ3) is 4.81. The minimum atomic E-state index is -1.05. The fourth-order valence-electron chi connectivity index (χ4n) is 2.84. The number of nitriles is 1. The van der Waals surface area contributed by atoms with Crippen molar-refractivity contribution in [2.45, 2.75) is 40.2 Å². The second-order valence-corrected chi connectivity index (χ2v) is 7.10. The number of rotatable bonds is 7. The number of hydrogen-bond acceptors (Lipinski definition) is 5. The van der Waals surface area contributed by atoms with Crippen LogP contribution in [0, 0.1) is 31.0 Å². The molecule has 1 amide bonds. The lowest BCUT2D eigenvalue weighted by Gasteiger charge is -2.23. The van der Waals surface area contributed by atoms with Gasteiger partial charge in [-0.25, -0.2) is 4.39 Å². The molecule has 7 nitrogen and oxygen atoms in total. The largest absolute Gasteiger partial charge is 0.465 e. The molecule has 0 bridgehead atoms. The number of nitrogens with zero attached hydrogens (tertiary/aromatic N) is 2. The van der Waals surface area contributed by atoms with E-state index < -0.39 is 17.4 Å². The van der Waals surface area contributed by atoms with E-state index in [2.05, 4.69) is 16.7 Å². The molecule has 0 aliphatic rings. The van der Waals surface area contributed by atoms with Crippen molar-refractivity contribution in [2.24, 2.45) is 0 Å². The van der Waals surface area contributed by atoms with Gasteiger partial charge in [-0.2, -0.15) is 5.26 Å². The normalized spacial score (nSPS) is 11.1. The lowest BCUT2D eigenvalue weighted by atomic mass is 10.1. The number of halogens is 1. The van der Waals surface area contributed by atoms with Crippen LogP contribution >= 0.6 is 0 Å². The van der Waals surface area contributed by atoms with Crippen LogP contribution in [0.15, 0.2) is 24.3 Å². The molecule has 2 aromatic rings. The van der Waals surface area contributed by atoms with Crippen molar-refractivity contribution in [3.8, 4) is 11.8 Å². The van der Waals surface area contributed by atoms with Crippen molar-refractivity contribution in [2.75, 3.05) is 18.5 Å². The van der Waals surface area contributed by atoms with Crippen LogP contribution in [0.25, 0.3) is 5.69 Å². The molecule has 0 saturated heterocycles. The number of carbonyl (C=O) groups is 2. The Morgan fingerprint density at radius 3 is 2.41 bits per heavy atom. The molecule has 1 aromatic heterocycles. The Kier molecular flexibility index (Phi) is 6.77. The number of aromatic nitrogens is 1. The number of carbonyl (C=O) groups excluding carboxylic acids is 2. The molecule has 0 unspecified atom stereocenters. The minimum Gasteiger partial charge on any atom is -0.465 e. The van der Waals surface area contributed by atoms with Crippen LogP contribution in [0.3, 0.4) is 0 Å². The number of esters is 1. The van der Waals surface area contributed by atoms with Gasteiger partial charge in [0.2, 0.25) is 5.91 Å². The monoisotopic (exact) mass is 400 g/mol. The van der Waals surface area contributed by atoms with Crippen LogP contribution in [-0.2, 0) is 14.3 Å². The quantitative estimate of drug-likeness (QED) is 0.697. The summed E-state index contributed by atoms with van der Waals surface area (Å²) in [4.78, 5) is 24.5. The van der Waals surface area contributed by atoms with Gasteiger partial charge in [-0.15, -0.1) is 0 Å². The Bertz CT molecular complexity index is 956. The third-order valence-corrected chi connectivity index (χ3v) is 4.64. The van der Waals surface area contributed by atoms with Gasteiger partial charge in [0.15, 0.2) is 0 Å². The topological polar surface area (TPSA) is 96.2 Å². The van der Waals surface area contributed by atoms with Crippen molar-refractivity contribution >= 4 is 17.7 Å². The predicted octanol–water partition coefficient (Wildman–Crippen LogP) is 2.97. The maximum atomic E-state index is 13.3. The molecule has 29 heavy (non-hydrogen) atoms. The maximum absolute atomic E-state index is 13.3. The van der Waals surface area contributed by atoms with E-state index in [9.17, 15) is 19.2 Å². The van der Waals surface area contributed by atoms with Gasteiger partial charge in [-0.3, -0.25) is 19.5 Å². The van der Waals surface area contributed by atoms with E-state index in [0.29, 0.717) is 22.6 Å². The molecule has 154 valence electrons. The van der Waals surface area contributed by atoms with Crippen LogP contribution in [-0.4, -0.2) is 35.1 Å². The first-order chi connectivity index (χ1) is 13.6. The van der Waals surface area contributed by atoms with Crippen molar-refractivity contribution in [1.29, 1.82) is 5.26 Å². The minimum absolute atomic E-state index is 0.163. The van der Waals surface area contributed by atoms with E-state index in [-0.39, 0.29) is 19.0 Å². The second-order valence-electron chi connectivity index (χ2n) is 7.10. The molecule has 0 saturated carbocycles. The van der Waals surface area contributed by atoms with Crippen LogP contribution in [0.4, 0.5) is 10.2 Å². The summed E-state index contributed by atoms with van der Waals surface area (Å²) in [5, 5.41) is 15.2. The zero-order valence-corrected chi connectivity index (χ0v) is 17.2.